The van der Waals surface area contributed by atoms with Crippen molar-refractivity contribution in [1.29, 1.82) is 0 Å². The minimum Gasteiger partial charge on any atom is -0.369 e. The predicted molar refractivity (Wildman–Crippen MR) is 119 cm³/mol. The second-order valence-electron chi connectivity index (χ2n) is 8.72. The fourth-order valence-electron chi connectivity index (χ4n) is 4.82. The summed E-state index contributed by atoms with van der Waals surface area (Å²) in [6.45, 7) is 8.73. The van der Waals surface area contributed by atoms with Crippen molar-refractivity contribution in [2.45, 2.75) is 25.7 Å². The van der Waals surface area contributed by atoms with Gasteiger partial charge in [0.05, 0.1) is 5.92 Å². The zero-order valence-electron chi connectivity index (χ0n) is 18.0. The lowest BCUT2D eigenvalue weighted by Gasteiger charge is -2.36. The van der Waals surface area contributed by atoms with Crippen LogP contribution in [-0.4, -0.2) is 92.1 Å². The van der Waals surface area contributed by atoms with Crippen LogP contribution in [0.25, 0.3) is 0 Å². The van der Waals surface area contributed by atoms with Gasteiger partial charge in [0.1, 0.15) is 0 Å². The van der Waals surface area contributed by atoms with Crippen LogP contribution in [0.4, 0.5) is 10.5 Å². The first-order valence-electron chi connectivity index (χ1n) is 11.5. The maximum atomic E-state index is 12.7. The van der Waals surface area contributed by atoms with Crippen molar-refractivity contribution in [1.82, 2.24) is 20.0 Å². The topological polar surface area (TPSA) is 59.1 Å². The standard InChI is InChI=1S/C23H35N5O2/c29-22(20-7-6-13-28(19-20)23(30)27-11-4-5-12-27)24-10-14-25-15-17-26(18-16-25)21-8-2-1-3-9-21/h1-3,8-9,20H,4-7,10-19H2,(H,24,29)/t20-/m0/s1. The number of urea groups is 1. The van der Waals surface area contributed by atoms with E-state index in [1.54, 1.807) is 0 Å². The van der Waals surface area contributed by atoms with Crippen molar-refractivity contribution in [3.8, 4) is 0 Å². The van der Waals surface area contributed by atoms with Gasteiger partial charge in [-0.3, -0.25) is 9.69 Å². The van der Waals surface area contributed by atoms with Gasteiger partial charge in [0.2, 0.25) is 5.91 Å². The van der Waals surface area contributed by atoms with Crippen LogP contribution in [0.2, 0.25) is 0 Å². The molecule has 30 heavy (non-hydrogen) atoms. The van der Waals surface area contributed by atoms with Crippen molar-refractivity contribution in [2.75, 3.05) is 70.3 Å². The van der Waals surface area contributed by atoms with E-state index >= 15 is 0 Å². The molecule has 1 atom stereocenters. The SMILES string of the molecule is O=C(NCCN1CCN(c2ccccc2)CC1)[C@H]1CCCN(C(=O)N2CCCC2)C1. The fraction of sp³-hybridized carbons (Fsp3) is 0.652. The third-order valence-electron chi connectivity index (χ3n) is 6.66. The summed E-state index contributed by atoms with van der Waals surface area (Å²) in [5, 5.41) is 3.13. The average Bonchev–Trinajstić information content (AvgIpc) is 3.35. The quantitative estimate of drug-likeness (QED) is 0.801. The summed E-state index contributed by atoms with van der Waals surface area (Å²) in [6.07, 6.45) is 4.00. The highest BCUT2D eigenvalue weighted by atomic mass is 16.2. The van der Waals surface area contributed by atoms with Crippen LogP contribution in [0.5, 0.6) is 0 Å². The molecule has 0 aromatic heterocycles. The molecule has 3 amide bonds. The molecule has 3 heterocycles. The molecule has 4 rings (SSSR count). The normalized spacial score (nSPS) is 22.9. The van der Waals surface area contributed by atoms with Crippen molar-refractivity contribution in [3.05, 3.63) is 30.3 Å². The van der Waals surface area contributed by atoms with Gasteiger partial charge >= 0.3 is 6.03 Å². The molecule has 7 heteroatoms. The van der Waals surface area contributed by atoms with Gasteiger partial charge in [-0.15, -0.1) is 0 Å². The van der Waals surface area contributed by atoms with Gasteiger partial charge in [-0.1, -0.05) is 18.2 Å². The molecule has 164 valence electrons. The highest BCUT2D eigenvalue weighted by Crippen LogP contribution is 2.20. The maximum Gasteiger partial charge on any atom is 0.320 e. The number of carbonyl (C=O) groups is 2. The van der Waals surface area contributed by atoms with Gasteiger partial charge < -0.3 is 20.0 Å². The van der Waals surface area contributed by atoms with E-state index in [-0.39, 0.29) is 17.9 Å². The molecule has 3 aliphatic rings. The number of carbonyl (C=O) groups excluding carboxylic acids is 2. The van der Waals surface area contributed by atoms with Crippen LogP contribution in [0, 0.1) is 5.92 Å². The molecule has 0 bridgehead atoms. The summed E-state index contributed by atoms with van der Waals surface area (Å²) in [4.78, 5) is 34.0. The van der Waals surface area contributed by atoms with E-state index in [1.807, 2.05) is 9.80 Å². The Bertz CT molecular complexity index is 699. The highest BCUT2D eigenvalue weighted by Gasteiger charge is 2.31. The Morgan fingerprint density at radius 3 is 2.30 bits per heavy atom. The molecule has 0 unspecified atom stereocenters. The molecule has 1 aromatic carbocycles. The monoisotopic (exact) mass is 413 g/mol. The minimum atomic E-state index is -0.0692. The molecular formula is C23H35N5O2. The van der Waals surface area contributed by atoms with Crippen molar-refractivity contribution in [3.63, 3.8) is 0 Å². The number of benzene rings is 1. The Labute approximate surface area is 180 Å². The van der Waals surface area contributed by atoms with Crippen LogP contribution in [0.1, 0.15) is 25.7 Å². The van der Waals surface area contributed by atoms with E-state index in [0.717, 1.165) is 78.0 Å². The summed E-state index contributed by atoms with van der Waals surface area (Å²) in [7, 11) is 0. The van der Waals surface area contributed by atoms with E-state index in [4.69, 9.17) is 0 Å². The second kappa shape index (κ2) is 10.2. The number of likely N-dealkylation sites (tertiary alicyclic amines) is 2. The van der Waals surface area contributed by atoms with Crippen molar-refractivity contribution < 1.29 is 9.59 Å². The fourth-order valence-corrected chi connectivity index (χ4v) is 4.82. The van der Waals surface area contributed by atoms with Gasteiger partial charge in [0.25, 0.3) is 0 Å². The van der Waals surface area contributed by atoms with Gasteiger partial charge in [-0.25, -0.2) is 4.79 Å². The van der Waals surface area contributed by atoms with Gasteiger partial charge in [0.15, 0.2) is 0 Å². The lowest BCUT2D eigenvalue weighted by molar-refractivity contribution is -0.126. The molecule has 3 aliphatic heterocycles. The molecule has 1 aromatic rings. The molecule has 0 radical (unpaired) electrons. The summed E-state index contributed by atoms with van der Waals surface area (Å²) < 4.78 is 0. The van der Waals surface area contributed by atoms with Crippen LogP contribution in [0.3, 0.4) is 0 Å². The number of para-hydroxylation sites is 1. The van der Waals surface area contributed by atoms with E-state index < -0.39 is 0 Å². The summed E-state index contributed by atoms with van der Waals surface area (Å²) >= 11 is 0. The molecule has 3 saturated heterocycles. The van der Waals surface area contributed by atoms with E-state index in [9.17, 15) is 9.59 Å². The van der Waals surface area contributed by atoms with Crippen molar-refractivity contribution >= 4 is 17.6 Å². The largest absolute Gasteiger partial charge is 0.369 e. The summed E-state index contributed by atoms with van der Waals surface area (Å²) in [5.41, 5.74) is 1.29. The zero-order chi connectivity index (χ0) is 20.8. The lowest BCUT2D eigenvalue weighted by atomic mass is 9.97. The number of nitrogens with one attached hydrogen (secondary N) is 1. The van der Waals surface area contributed by atoms with Crippen LogP contribution in [-0.2, 0) is 4.79 Å². The van der Waals surface area contributed by atoms with E-state index in [0.29, 0.717) is 13.1 Å². The second-order valence-corrected chi connectivity index (χ2v) is 8.72. The number of anilines is 1. The number of nitrogens with zero attached hydrogens (tertiary/aromatic N) is 4. The number of piperidine rings is 1. The first-order chi connectivity index (χ1) is 14.7. The Morgan fingerprint density at radius 1 is 0.867 bits per heavy atom. The highest BCUT2D eigenvalue weighted by molar-refractivity contribution is 5.81. The molecular weight excluding hydrogens is 378 g/mol. The predicted octanol–water partition coefficient (Wildman–Crippen LogP) is 1.85. The molecule has 0 spiro atoms. The molecule has 0 saturated carbocycles. The van der Waals surface area contributed by atoms with Gasteiger partial charge in [-0.05, 0) is 37.8 Å². The van der Waals surface area contributed by atoms with E-state index in [2.05, 4.69) is 45.4 Å². The summed E-state index contributed by atoms with van der Waals surface area (Å²) in [6, 6.07) is 10.7. The maximum absolute atomic E-state index is 12.7. The Balaban J connectivity index is 1.16. The Morgan fingerprint density at radius 2 is 1.57 bits per heavy atom. The first-order valence-corrected chi connectivity index (χ1v) is 11.5. The summed E-state index contributed by atoms with van der Waals surface area (Å²) in [5.74, 6) is 0.0390. The number of rotatable bonds is 5. The van der Waals surface area contributed by atoms with Crippen LogP contribution < -0.4 is 10.2 Å². The average molecular weight is 414 g/mol. The molecule has 7 nitrogen and oxygen atoms in total. The number of amides is 3. The third kappa shape index (κ3) is 5.25. The van der Waals surface area contributed by atoms with Crippen LogP contribution >= 0.6 is 0 Å². The van der Waals surface area contributed by atoms with Crippen LogP contribution in [0.15, 0.2) is 30.3 Å². The lowest BCUT2D eigenvalue weighted by Crippen LogP contribution is -2.51. The van der Waals surface area contributed by atoms with Crippen molar-refractivity contribution in [2.24, 2.45) is 5.92 Å². The van der Waals surface area contributed by atoms with Gasteiger partial charge in [0, 0.05) is 71.1 Å². The Kier molecular flexibility index (Phi) is 7.10. The zero-order valence-corrected chi connectivity index (χ0v) is 18.0. The number of hydrogen-bond acceptors (Lipinski definition) is 4. The van der Waals surface area contributed by atoms with Gasteiger partial charge in [-0.2, -0.15) is 0 Å². The molecule has 3 fully saturated rings. The first kappa shape index (κ1) is 21.0. The Hall–Kier alpha value is -2.28. The molecule has 1 N–H and O–H groups in total. The number of piperazine rings is 1. The molecule has 0 aliphatic carbocycles. The number of hydrogen-bond donors (Lipinski definition) is 1. The third-order valence-corrected chi connectivity index (χ3v) is 6.66. The van der Waals surface area contributed by atoms with E-state index in [1.165, 1.54) is 5.69 Å². The minimum absolute atomic E-state index is 0.0692. The smallest absolute Gasteiger partial charge is 0.320 e.